The molecule has 1 atom stereocenters. The van der Waals surface area contributed by atoms with Gasteiger partial charge in [0, 0.05) is 30.8 Å². The van der Waals surface area contributed by atoms with Gasteiger partial charge >= 0.3 is 0 Å². The summed E-state index contributed by atoms with van der Waals surface area (Å²) in [6.45, 7) is 0.717. The number of aryl methyl sites for hydroxylation is 1. The SMILES string of the molecule is O=C1CCc2ccc(N3CC(CS)CC3=O)cc2N1. The maximum absolute atomic E-state index is 12.0. The molecule has 0 aromatic heterocycles. The second-order valence-electron chi connectivity index (χ2n) is 5.15. The van der Waals surface area contributed by atoms with Gasteiger partial charge < -0.3 is 10.2 Å². The van der Waals surface area contributed by atoms with E-state index in [9.17, 15) is 9.59 Å². The first-order valence-corrected chi connectivity index (χ1v) is 7.14. The third-order valence-corrected chi connectivity index (χ3v) is 4.28. The highest BCUT2D eigenvalue weighted by atomic mass is 32.1. The standard InChI is InChI=1S/C14H16N2O2S/c17-13-4-2-10-1-3-11(6-12(10)15-13)16-7-9(8-19)5-14(16)18/h1,3,6,9,19H,2,4-5,7-8H2,(H,15,17). The van der Waals surface area contributed by atoms with Crippen LogP contribution in [0.15, 0.2) is 18.2 Å². The third-order valence-electron chi connectivity index (χ3n) is 3.76. The maximum atomic E-state index is 12.0. The Labute approximate surface area is 117 Å². The molecule has 0 bridgehead atoms. The predicted molar refractivity (Wildman–Crippen MR) is 77.7 cm³/mol. The molecule has 1 N–H and O–H groups in total. The van der Waals surface area contributed by atoms with Gasteiger partial charge in [0.25, 0.3) is 0 Å². The molecule has 1 aromatic carbocycles. The van der Waals surface area contributed by atoms with Crippen LogP contribution in [0.1, 0.15) is 18.4 Å². The van der Waals surface area contributed by atoms with Gasteiger partial charge in [0.1, 0.15) is 0 Å². The zero-order valence-corrected chi connectivity index (χ0v) is 11.5. The van der Waals surface area contributed by atoms with Crippen molar-refractivity contribution in [2.75, 3.05) is 22.5 Å². The highest BCUT2D eigenvalue weighted by molar-refractivity contribution is 7.80. The second kappa shape index (κ2) is 4.89. The van der Waals surface area contributed by atoms with Crippen molar-refractivity contribution in [3.8, 4) is 0 Å². The molecule has 0 saturated carbocycles. The van der Waals surface area contributed by atoms with Gasteiger partial charge in [-0.3, -0.25) is 9.59 Å². The number of benzene rings is 1. The molecule has 1 aromatic rings. The molecule has 0 spiro atoms. The average molecular weight is 276 g/mol. The molecule has 1 unspecified atom stereocenters. The van der Waals surface area contributed by atoms with Crippen molar-refractivity contribution in [3.05, 3.63) is 23.8 Å². The summed E-state index contributed by atoms with van der Waals surface area (Å²) in [4.78, 5) is 25.2. The molecule has 0 aliphatic carbocycles. The number of thiol groups is 1. The Morgan fingerprint density at radius 1 is 1.32 bits per heavy atom. The van der Waals surface area contributed by atoms with Gasteiger partial charge in [-0.2, -0.15) is 12.6 Å². The van der Waals surface area contributed by atoms with Crippen molar-refractivity contribution in [2.45, 2.75) is 19.3 Å². The Kier molecular flexibility index (Phi) is 3.22. The molecular formula is C14H16N2O2S. The summed E-state index contributed by atoms with van der Waals surface area (Å²) in [7, 11) is 0. The minimum atomic E-state index is 0.0469. The van der Waals surface area contributed by atoms with E-state index in [4.69, 9.17) is 0 Å². The van der Waals surface area contributed by atoms with Gasteiger partial charge in [-0.25, -0.2) is 0 Å². The molecule has 0 radical (unpaired) electrons. The minimum Gasteiger partial charge on any atom is -0.326 e. The molecule has 1 saturated heterocycles. The van der Waals surface area contributed by atoms with E-state index in [1.807, 2.05) is 18.2 Å². The average Bonchev–Trinajstić information content (AvgIpc) is 2.79. The largest absolute Gasteiger partial charge is 0.326 e. The monoisotopic (exact) mass is 276 g/mol. The zero-order chi connectivity index (χ0) is 13.4. The molecule has 2 heterocycles. The number of rotatable bonds is 2. The van der Waals surface area contributed by atoms with E-state index < -0.39 is 0 Å². The lowest BCUT2D eigenvalue weighted by atomic mass is 10.0. The summed E-state index contributed by atoms with van der Waals surface area (Å²) >= 11 is 4.26. The Balaban J connectivity index is 1.88. The smallest absolute Gasteiger partial charge is 0.227 e. The van der Waals surface area contributed by atoms with Crippen LogP contribution in [-0.4, -0.2) is 24.1 Å². The van der Waals surface area contributed by atoms with E-state index in [2.05, 4.69) is 17.9 Å². The van der Waals surface area contributed by atoms with Crippen LogP contribution in [0.5, 0.6) is 0 Å². The van der Waals surface area contributed by atoms with Crippen LogP contribution in [-0.2, 0) is 16.0 Å². The molecule has 3 rings (SSSR count). The summed E-state index contributed by atoms with van der Waals surface area (Å²) in [6.07, 6.45) is 1.87. The normalized spacial score (nSPS) is 22.4. The van der Waals surface area contributed by atoms with Crippen molar-refractivity contribution >= 4 is 35.8 Å². The highest BCUT2D eigenvalue weighted by Crippen LogP contribution is 2.31. The zero-order valence-electron chi connectivity index (χ0n) is 10.6. The summed E-state index contributed by atoms with van der Waals surface area (Å²) in [5, 5.41) is 2.87. The van der Waals surface area contributed by atoms with Crippen LogP contribution in [0.4, 0.5) is 11.4 Å². The molecule has 2 amide bonds. The quantitative estimate of drug-likeness (QED) is 0.810. The van der Waals surface area contributed by atoms with Crippen molar-refractivity contribution in [1.82, 2.24) is 0 Å². The van der Waals surface area contributed by atoms with E-state index in [1.165, 1.54) is 0 Å². The van der Waals surface area contributed by atoms with Gasteiger partial charge in [0.2, 0.25) is 11.8 Å². The van der Waals surface area contributed by atoms with E-state index in [0.29, 0.717) is 18.8 Å². The summed E-state index contributed by atoms with van der Waals surface area (Å²) < 4.78 is 0. The minimum absolute atomic E-state index is 0.0469. The number of carbonyl (C=O) groups is 2. The molecule has 100 valence electrons. The topological polar surface area (TPSA) is 49.4 Å². The fourth-order valence-electron chi connectivity index (χ4n) is 2.68. The third kappa shape index (κ3) is 2.34. The Morgan fingerprint density at radius 3 is 2.89 bits per heavy atom. The fraction of sp³-hybridized carbons (Fsp3) is 0.429. The number of amides is 2. The summed E-state index contributed by atoms with van der Waals surface area (Å²) in [5.74, 6) is 1.23. The molecular weight excluding hydrogens is 260 g/mol. The van der Waals surface area contributed by atoms with Crippen molar-refractivity contribution in [3.63, 3.8) is 0 Å². The maximum Gasteiger partial charge on any atom is 0.227 e. The van der Waals surface area contributed by atoms with Crippen LogP contribution in [0.25, 0.3) is 0 Å². The fourth-order valence-corrected chi connectivity index (χ4v) is 2.93. The first kappa shape index (κ1) is 12.5. The predicted octanol–water partition coefficient (Wildman–Crippen LogP) is 1.85. The highest BCUT2D eigenvalue weighted by Gasteiger charge is 2.30. The number of hydrogen-bond acceptors (Lipinski definition) is 3. The summed E-state index contributed by atoms with van der Waals surface area (Å²) in [6, 6.07) is 5.88. The van der Waals surface area contributed by atoms with Gasteiger partial charge in [-0.15, -0.1) is 0 Å². The number of hydrogen-bond donors (Lipinski definition) is 2. The van der Waals surface area contributed by atoms with Crippen LogP contribution < -0.4 is 10.2 Å². The second-order valence-corrected chi connectivity index (χ2v) is 5.51. The number of nitrogens with zero attached hydrogens (tertiary/aromatic N) is 1. The lowest BCUT2D eigenvalue weighted by Crippen LogP contribution is -2.25. The number of nitrogens with one attached hydrogen (secondary N) is 1. The van der Waals surface area contributed by atoms with Crippen LogP contribution in [0.2, 0.25) is 0 Å². The number of fused-ring (bicyclic) bond motifs is 1. The lowest BCUT2D eigenvalue weighted by Gasteiger charge is -2.21. The molecule has 1 fully saturated rings. The Hall–Kier alpha value is -1.49. The van der Waals surface area contributed by atoms with Crippen molar-refractivity contribution in [2.24, 2.45) is 5.92 Å². The Bertz CT molecular complexity index is 544. The van der Waals surface area contributed by atoms with Crippen LogP contribution in [0.3, 0.4) is 0 Å². The molecule has 19 heavy (non-hydrogen) atoms. The molecule has 4 nitrogen and oxygen atoms in total. The van der Waals surface area contributed by atoms with Gasteiger partial charge in [0.15, 0.2) is 0 Å². The van der Waals surface area contributed by atoms with Crippen LogP contribution in [0, 0.1) is 5.92 Å². The van der Waals surface area contributed by atoms with E-state index in [0.717, 1.165) is 35.7 Å². The lowest BCUT2D eigenvalue weighted by molar-refractivity contribution is -0.117. The molecule has 5 heteroatoms. The van der Waals surface area contributed by atoms with E-state index >= 15 is 0 Å². The first-order valence-electron chi connectivity index (χ1n) is 6.51. The molecule has 2 aliphatic rings. The number of carbonyl (C=O) groups excluding carboxylic acids is 2. The molecule has 2 aliphatic heterocycles. The first-order chi connectivity index (χ1) is 9.17. The summed E-state index contributed by atoms with van der Waals surface area (Å²) in [5.41, 5.74) is 2.85. The van der Waals surface area contributed by atoms with Crippen molar-refractivity contribution < 1.29 is 9.59 Å². The van der Waals surface area contributed by atoms with Gasteiger partial charge in [-0.05, 0) is 35.8 Å². The number of anilines is 2. The van der Waals surface area contributed by atoms with Gasteiger partial charge in [-0.1, -0.05) is 6.07 Å². The Morgan fingerprint density at radius 2 is 2.16 bits per heavy atom. The van der Waals surface area contributed by atoms with E-state index in [-0.39, 0.29) is 11.8 Å². The van der Waals surface area contributed by atoms with Crippen molar-refractivity contribution in [1.29, 1.82) is 0 Å². The van der Waals surface area contributed by atoms with E-state index in [1.54, 1.807) is 4.90 Å². The van der Waals surface area contributed by atoms with Crippen LogP contribution >= 0.6 is 12.6 Å². The van der Waals surface area contributed by atoms with Gasteiger partial charge in [0.05, 0.1) is 0 Å².